The molecule has 5 heteroatoms. The van der Waals surface area contributed by atoms with Crippen LogP contribution in [0.1, 0.15) is 31.3 Å². The number of carbonyl (C=O) groups is 1. The number of anilines is 1. The van der Waals surface area contributed by atoms with Crippen LogP contribution in [0.15, 0.2) is 18.3 Å². The maximum atomic E-state index is 10.7. The number of carboxylic acid groups (broad SMARTS) is 1. The summed E-state index contributed by atoms with van der Waals surface area (Å²) in [4.78, 5) is 16.9. The van der Waals surface area contributed by atoms with Gasteiger partial charge < -0.3 is 15.3 Å². The highest BCUT2D eigenvalue weighted by Crippen LogP contribution is 2.08. The van der Waals surface area contributed by atoms with E-state index in [1.165, 1.54) is 6.07 Å². The summed E-state index contributed by atoms with van der Waals surface area (Å²) in [6, 6.07) is 3.55. The maximum absolute atomic E-state index is 10.7. The van der Waals surface area contributed by atoms with Crippen LogP contribution in [-0.2, 0) is 0 Å². The number of likely N-dealkylation sites (N-methyl/N-ethyl adjacent to an activating group) is 1. The van der Waals surface area contributed by atoms with Gasteiger partial charge in [-0.15, -0.1) is 0 Å². The van der Waals surface area contributed by atoms with Crippen LogP contribution in [0.3, 0.4) is 0 Å². The number of pyridine rings is 1. The second kappa shape index (κ2) is 6.96. The van der Waals surface area contributed by atoms with Crippen molar-refractivity contribution in [3.05, 3.63) is 24.0 Å². The third kappa shape index (κ3) is 4.33. The fourth-order valence-electron chi connectivity index (χ4n) is 1.81. The van der Waals surface area contributed by atoms with Crippen molar-refractivity contribution in [2.45, 2.75) is 26.8 Å². The lowest BCUT2D eigenvalue weighted by Crippen LogP contribution is -2.34. The van der Waals surface area contributed by atoms with E-state index in [1.54, 1.807) is 12.3 Å². The van der Waals surface area contributed by atoms with Gasteiger partial charge in [0, 0.05) is 12.6 Å². The predicted molar refractivity (Wildman–Crippen MR) is 72.1 cm³/mol. The van der Waals surface area contributed by atoms with Crippen LogP contribution in [0.4, 0.5) is 5.69 Å². The summed E-state index contributed by atoms with van der Waals surface area (Å²) < 4.78 is 0. The fraction of sp³-hybridized carbons (Fsp3) is 0.538. The van der Waals surface area contributed by atoms with E-state index in [-0.39, 0.29) is 5.69 Å². The molecule has 100 valence electrons. The Morgan fingerprint density at radius 2 is 2.11 bits per heavy atom. The van der Waals surface area contributed by atoms with Crippen molar-refractivity contribution >= 4 is 11.7 Å². The van der Waals surface area contributed by atoms with Crippen molar-refractivity contribution in [2.24, 2.45) is 0 Å². The molecule has 0 aliphatic rings. The standard InChI is InChI=1S/C13H21N3O2/c1-4-16(5-2)9-10(3)15-11-6-7-12(13(17)18)14-8-11/h6-8,10,15H,4-5,9H2,1-3H3,(H,17,18). The Balaban J connectivity index is 2.53. The van der Waals surface area contributed by atoms with Crippen molar-refractivity contribution in [1.82, 2.24) is 9.88 Å². The highest BCUT2D eigenvalue weighted by molar-refractivity contribution is 5.85. The summed E-state index contributed by atoms with van der Waals surface area (Å²) in [6.45, 7) is 9.38. The first-order valence-corrected chi connectivity index (χ1v) is 6.25. The first-order valence-electron chi connectivity index (χ1n) is 6.25. The lowest BCUT2D eigenvalue weighted by atomic mass is 10.2. The molecule has 18 heavy (non-hydrogen) atoms. The smallest absolute Gasteiger partial charge is 0.354 e. The molecule has 0 aliphatic heterocycles. The van der Waals surface area contributed by atoms with E-state index in [9.17, 15) is 4.79 Å². The average Bonchev–Trinajstić information content (AvgIpc) is 2.36. The molecule has 0 spiro atoms. The van der Waals surface area contributed by atoms with Crippen molar-refractivity contribution in [1.29, 1.82) is 0 Å². The molecule has 0 saturated heterocycles. The average molecular weight is 251 g/mol. The van der Waals surface area contributed by atoms with Gasteiger partial charge in [-0.3, -0.25) is 0 Å². The zero-order valence-corrected chi connectivity index (χ0v) is 11.2. The van der Waals surface area contributed by atoms with Gasteiger partial charge in [-0.2, -0.15) is 0 Å². The van der Waals surface area contributed by atoms with Crippen LogP contribution in [-0.4, -0.2) is 46.6 Å². The number of hydrogen-bond acceptors (Lipinski definition) is 4. The molecule has 0 aromatic carbocycles. The zero-order valence-electron chi connectivity index (χ0n) is 11.2. The van der Waals surface area contributed by atoms with E-state index >= 15 is 0 Å². The number of rotatable bonds is 7. The molecular weight excluding hydrogens is 230 g/mol. The minimum Gasteiger partial charge on any atom is -0.477 e. The summed E-state index contributed by atoms with van der Waals surface area (Å²) in [5, 5.41) is 12.1. The Bertz CT molecular complexity index is 374. The molecule has 1 aromatic heterocycles. The molecule has 0 amide bonds. The molecule has 1 unspecified atom stereocenters. The Kier molecular flexibility index (Phi) is 5.58. The van der Waals surface area contributed by atoms with Crippen LogP contribution in [0.25, 0.3) is 0 Å². The van der Waals surface area contributed by atoms with E-state index in [0.29, 0.717) is 6.04 Å². The first-order chi connectivity index (χ1) is 8.56. The molecule has 2 N–H and O–H groups in total. The van der Waals surface area contributed by atoms with Gasteiger partial charge in [0.05, 0.1) is 11.9 Å². The van der Waals surface area contributed by atoms with Crippen LogP contribution in [0, 0.1) is 0 Å². The van der Waals surface area contributed by atoms with Crippen molar-refractivity contribution in [2.75, 3.05) is 25.0 Å². The number of aromatic carboxylic acids is 1. The van der Waals surface area contributed by atoms with E-state index in [0.717, 1.165) is 25.3 Å². The largest absolute Gasteiger partial charge is 0.477 e. The molecule has 0 radical (unpaired) electrons. The van der Waals surface area contributed by atoms with Gasteiger partial charge in [0.1, 0.15) is 5.69 Å². The third-order valence-corrected chi connectivity index (χ3v) is 2.82. The second-order valence-electron chi connectivity index (χ2n) is 4.27. The Hall–Kier alpha value is -1.62. The Morgan fingerprint density at radius 3 is 2.56 bits per heavy atom. The molecule has 1 atom stereocenters. The molecular formula is C13H21N3O2. The maximum Gasteiger partial charge on any atom is 0.354 e. The van der Waals surface area contributed by atoms with Gasteiger partial charge in [0.15, 0.2) is 0 Å². The van der Waals surface area contributed by atoms with Gasteiger partial charge in [-0.1, -0.05) is 13.8 Å². The highest BCUT2D eigenvalue weighted by atomic mass is 16.4. The number of hydrogen-bond donors (Lipinski definition) is 2. The summed E-state index contributed by atoms with van der Waals surface area (Å²) in [5.74, 6) is -1.00. The fourth-order valence-corrected chi connectivity index (χ4v) is 1.81. The third-order valence-electron chi connectivity index (χ3n) is 2.82. The zero-order chi connectivity index (χ0) is 13.5. The Labute approximate surface area is 108 Å². The van der Waals surface area contributed by atoms with E-state index in [1.807, 2.05) is 0 Å². The number of nitrogens with zero attached hydrogens (tertiary/aromatic N) is 2. The van der Waals surface area contributed by atoms with Crippen LogP contribution < -0.4 is 5.32 Å². The van der Waals surface area contributed by atoms with Gasteiger partial charge in [0.25, 0.3) is 0 Å². The van der Waals surface area contributed by atoms with Gasteiger partial charge in [-0.25, -0.2) is 9.78 Å². The monoisotopic (exact) mass is 251 g/mol. The van der Waals surface area contributed by atoms with E-state index in [2.05, 4.69) is 36.0 Å². The van der Waals surface area contributed by atoms with Crippen molar-refractivity contribution < 1.29 is 9.90 Å². The molecule has 0 fully saturated rings. The topological polar surface area (TPSA) is 65.5 Å². The number of nitrogens with one attached hydrogen (secondary N) is 1. The van der Waals surface area contributed by atoms with E-state index in [4.69, 9.17) is 5.11 Å². The minimum absolute atomic E-state index is 0.0666. The predicted octanol–water partition coefficient (Wildman–Crippen LogP) is 1.92. The van der Waals surface area contributed by atoms with Gasteiger partial charge in [-0.05, 0) is 32.1 Å². The van der Waals surface area contributed by atoms with Gasteiger partial charge in [0.2, 0.25) is 0 Å². The summed E-state index contributed by atoms with van der Waals surface area (Å²) in [7, 11) is 0. The molecule has 0 aliphatic carbocycles. The lowest BCUT2D eigenvalue weighted by Gasteiger charge is -2.24. The number of carboxylic acids is 1. The van der Waals surface area contributed by atoms with Crippen molar-refractivity contribution in [3.8, 4) is 0 Å². The summed E-state index contributed by atoms with van der Waals surface area (Å²) in [5.41, 5.74) is 0.914. The summed E-state index contributed by atoms with van der Waals surface area (Å²) in [6.07, 6.45) is 1.56. The molecule has 0 saturated carbocycles. The molecule has 5 nitrogen and oxygen atoms in total. The molecule has 1 rings (SSSR count). The summed E-state index contributed by atoms with van der Waals surface area (Å²) >= 11 is 0. The SMILES string of the molecule is CCN(CC)CC(C)Nc1ccc(C(=O)O)nc1. The van der Waals surface area contributed by atoms with Crippen molar-refractivity contribution in [3.63, 3.8) is 0 Å². The normalized spacial score (nSPS) is 12.4. The highest BCUT2D eigenvalue weighted by Gasteiger charge is 2.08. The first kappa shape index (κ1) is 14.4. The lowest BCUT2D eigenvalue weighted by molar-refractivity contribution is 0.0690. The Morgan fingerprint density at radius 1 is 1.44 bits per heavy atom. The molecule has 1 aromatic rings. The van der Waals surface area contributed by atoms with Crippen LogP contribution in [0.5, 0.6) is 0 Å². The molecule has 0 bridgehead atoms. The second-order valence-corrected chi connectivity index (χ2v) is 4.27. The minimum atomic E-state index is -1.00. The quantitative estimate of drug-likeness (QED) is 0.775. The van der Waals surface area contributed by atoms with Gasteiger partial charge >= 0.3 is 5.97 Å². The van der Waals surface area contributed by atoms with Crippen LogP contribution >= 0.6 is 0 Å². The molecule has 1 heterocycles. The van der Waals surface area contributed by atoms with Crippen LogP contribution in [0.2, 0.25) is 0 Å². The number of aromatic nitrogens is 1. The van der Waals surface area contributed by atoms with E-state index < -0.39 is 5.97 Å².